The maximum absolute atomic E-state index is 12.8. The van der Waals surface area contributed by atoms with Gasteiger partial charge in [0.05, 0.1) is 12.3 Å². The van der Waals surface area contributed by atoms with Crippen molar-refractivity contribution in [2.75, 3.05) is 11.9 Å². The summed E-state index contributed by atoms with van der Waals surface area (Å²) in [6, 6.07) is 10.5. The summed E-state index contributed by atoms with van der Waals surface area (Å²) in [4.78, 5) is 30.1. The molecule has 0 atom stereocenters. The fourth-order valence-corrected chi connectivity index (χ4v) is 3.21. The van der Waals surface area contributed by atoms with Gasteiger partial charge in [-0.15, -0.1) is 0 Å². The van der Waals surface area contributed by atoms with E-state index in [0.717, 1.165) is 23.6 Å². The van der Waals surface area contributed by atoms with E-state index in [9.17, 15) is 9.59 Å². The van der Waals surface area contributed by atoms with Crippen molar-refractivity contribution in [1.29, 1.82) is 0 Å². The maximum atomic E-state index is 12.8. The molecule has 0 spiro atoms. The molecule has 0 saturated heterocycles. The Morgan fingerprint density at radius 3 is 2.47 bits per heavy atom. The van der Waals surface area contributed by atoms with Crippen molar-refractivity contribution in [2.24, 2.45) is 0 Å². The Bertz CT molecular complexity index is 1080. The molecule has 8 heteroatoms. The first-order valence-electron chi connectivity index (χ1n) is 10.1. The number of amides is 1. The lowest BCUT2D eigenvalue weighted by Gasteiger charge is -2.14. The Kier molecular flexibility index (Phi) is 6.66. The number of aromatic nitrogens is 4. The lowest BCUT2D eigenvalue weighted by Crippen LogP contribution is -2.32. The first-order chi connectivity index (χ1) is 14.4. The van der Waals surface area contributed by atoms with Crippen LogP contribution in [0.3, 0.4) is 0 Å². The molecule has 1 amide bonds. The first kappa shape index (κ1) is 21.3. The molecule has 8 nitrogen and oxygen atoms in total. The molecule has 2 heterocycles. The molecule has 30 heavy (non-hydrogen) atoms. The number of hydrogen-bond donors (Lipinski definition) is 1. The molecule has 0 unspecified atom stereocenters. The van der Waals surface area contributed by atoms with Crippen molar-refractivity contribution in [1.82, 2.24) is 19.3 Å². The number of anilines is 1. The Morgan fingerprint density at radius 2 is 1.87 bits per heavy atom. The van der Waals surface area contributed by atoms with Gasteiger partial charge in [-0.05, 0) is 57.5 Å². The van der Waals surface area contributed by atoms with Crippen LogP contribution < -0.4 is 15.6 Å². The van der Waals surface area contributed by atoms with Crippen LogP contribution in [0.1, 0.15) is 37.4 Å². The largest absolute Gasteiger partial charge is 0.494 e. The summed E-state index contributed by atoms with van der Waals surface area (Å²) in [6.07, 6.45) is 1.55. The Labute approximate surface area is 175 Å². The van der Waals surface area contributed by atoms with E-state index < -0.39 is 0 Å². The molecule has 0 fully saturated rings. The monoisotopic (exact) mass is 409 g/mol. The maximum Gasteiger partial charge on any atom is 0.255 e. The Balaban J connectivity index is 1.89. The molecule has 1 aromatic carbocycles. The summed E-state index contributed by atoms with van der Waals surface area (Å²) in [5.74, 6) is 0.752. The summed E-state index contributed by atoms with van der Waals surface area (Å²) < 4.78 is 8.37. The van der Waals surface area contributed by atoms with Crippen LogP contribution in [0.25, 0.3) is 5.95 Å². The fraction of sp³-hybridized carbons (Fsp3) is 0.364. The molecule has 3 aromatic rings. The van der Waals surface area contributed by atoms with Crippen LogP contribution in [0, 0.1) is 13.8 Å². The third kappa shape index (κ3) is 4.94. The number of nitrogens with zero attached hydrogens (tertiary/aromatic N) is 4. The van der Waals surface area contributed by atoms with Crippen molar-refractivity contribution < 1.29 is 9.53 Å². The van der Waals surface area contributed by atoms with Gasteiger partial charge in [-0.3, -0.25) is 14.2 Å². The van der Waals surface area contributed by atoms with E-state index in [-0.39, 0.29) is 18.0 Å². The molecule has 0 bridgehead atoms. The highest BCUT2D eigenvalue weighted by Crippen LogP contribution is 2.16. The highest BCUT2D eigenvalue weighted by Gasteiger charge is 2.16. The number of benzene rings is 1. The zero-order valence-electron chi connectivity index (χ0n) is 17.8. The second-order valence-electron chi connectivity index (χ2n) is 7.07. The number of nitrogens with one attached hydrogen (secondary N) is 1. The van der Waals surface area contributed by atoms with E-state index in [1.807, 2.05) is 33.8 Å². The van der Waals surface area contributed by atoms with Crippen molar-refractivity contribution in [3.8, 4) is 11.7 Å². The lowest BCUT2D eigenvalue weighted by atomic mass is 10.2. The van der Waals surface area contributed by atoms with Crippen LogP contribution in [0.15, 0.2) is 41.2 Å². The third-order valence-corrected chi connectivity index (χ3v) is 4.50. The van der Waals surface area contributed by atoms with Gasteiger partial charge in [0.2, 0.25) is 11.9 Å². The molecule has 1 N–H and O–H groups in total. The minimum atomic E-state index is -0.325. The van der Waals surface area contributed by atoms with Crippen molar-refractivity contribution in [3.05, 3.63) is 63.8 Å². The Hall–Kier alpha value is -3.42. The molecule has 3 rings (SSSR count). The van der Waals surface area contributed by atoms with Gasteiger partial charge in [-0.25, -0.2) is 9.67 Å². The second kappa shape index (κ2) is 9.39. The van der Waals surface area contributed by atoms with Crippen LogP contribution in [0.2, 0.25) is 0 Å². The van der Waals surface area contributed by atoms with Gasteiger partial charge in [0.15, 0.2) is 0 Å². The number of rotatable bonds is 8. The van der Waals surface area contributed by atoms with Crippen LogP contribution in [0.4, 0.5) is 5.69 Å². The van der Waals surface area contributed by atoms with Crippen LogP contribution in [0.5, 0.6) is 5.75 Å². The number of aryl methyl sites for hydroxylation is 3. The summed E-state index contributed by atoms with van der Waals surface area (Å²) in [5, 5.41) is 7.26. The predicted octanol–water partition coefficient (Wildman–Crippen LogP) is 3.04. The van der Waals surface area contributed by atoms with Gasteiger partial charge in [0, 0.05) is 23.1 Å². The topological polar surface area (TPSA) is 91.0 Å². The number of carbonyl (C=O) groups excluding carboxylic acids is 1. The summed E-state index contributed by atoms with van der Waals surface area (Å²) in [5.41, 5.74) is 2.69. The summed E-state index contributed by atoms with van der Waals surface area (Å²) in [6.45, 7) is 8.11. The van der Waals surface area contributed by atoms with E-state index in [2.05, 4.69) is 15.4 Å². The van der Waals surface area contributed by atoms with Crippen molar-refractivity contribution in [3.63, 3.8) is 0 Å². The fourth-order valence-electron chi connectivity index (χ4n) is 3.21. The zero-order valence-corrected chi connectivity index (χ0v) is 17.8. The number of ether oxygens (including phenoxy) is 1. The van der Waals surface area contributed by atoms with Gasteiger partial charge in [0.25, 0.3) is 5.56 Å². The summed E-state index contributed by atoms with van der Waals surface area (Å²) in [7, 11) is 0. The van der Waals surface area contributed by atoms with Gasteiger partial charge in [0.1, 0.15) is 12.3 Å². The molecular formula is C22H27N5O3. The van der Waals surface area contributed by atoms with Crippen LogP contribution >= 0.6 is 0 Å². The van der Waals surface area contributed by atoms with E-state index in [0.29, 0.717) is 30.4 Å². The average molecular weight is 409 g/mol. The number of hydrogen-bond acceptors (Lipinski definition) is 5. The van der Waals surface area contributed by atoms with Crippen LogP contribution in [-0.2, 0) is 17.8 Å². The molecule has 0 saturated carbocycles. The highest BCUT2D eigenvalue weighted by atomic mass is 16.5. The standard InChI is InChI=1S/C22H27N5O3/c1-5-7-18-13-21(29)26(22(24-18)27-16(4)12-15(3)25-27)14-20(28)23-17-8-10-19(11-9-17)30-6-2/h8-13H,5-7,14H2,1-4H3,(H,23,28). The normalized spacial score (nSPS) is 10.8. The predicted molar refractivity (Wildman–Crippen MR) is 115 cm³/mol. The van der Waals surface area contributed by atoms with Gasteiger partial charge in [-0.2, -0.15) is 5.10 Å². The number of carbonyl (C=O) groups is 1. The molecule has 0 radical (unpaired) electrons. The minimum absolute atomic E-state index is 0.168. The molecule has 158 valence electrons. The highest BCUT2D eigenvalue weighted by molar-refractivity contribution is 5.90. The smallest absolute Gasteiger partial charge is 0.255 e. The second-order valence-corrected chi connectivity index (χ2v) is 7.07. The third-order valence-electron chi connectivity index (χ3n) is 4.50. The van der Waals surface area contributed by atoms with E-state index in [1.54, 1.807) is 28.9 Å². The van der Waals surface area contributed by atoms with E-state index >= 15 is 0 Å². The lowest BCUT2D eigenvalue weighted by molar-refractivity contribution is -0.116. The van der Waals surface area contributed by atoms with Crippen LogP contribution in [-0.4, -0.2) is 31.8 Å². The Morgan fingerprint density at radius 1 is 1.13 bits per heavy atom. The molecule has 0 aliphatic rings. The zero-order chi connectivity index (χ0) is 21.7. The molecule has 0 aliphatic heterocycles. The summed E-state index contributed by atoms with van der Waals surface area (Å²) >= 11 is 0. The van der Waals surface area contributed by atoms with Crippen molar-refractivity contribution in [2.45, 2.75) is 47.1 Å². The first-order valence-corrected chi connectivity index (χ1v) is 10.1. The average Bonchev–Trinajstić information content (AvgIpc) is 3.03. The van der Waals surface area contributed by atoms with E-state index in [4.69, 9.17) is 4.74 Å². The van der Waals surface area contributed by atoms with Gasteiger partial charge >= 0.3 is 0 Å². The van der Waals surface area contributed by atoms with Gasteiger partial charge in [-0.1, -0.05) is 13.3 Å². The molecule has 0 aliphatic carbocycles. The molecule has 2 aromatic heterocycles. The quantitative estimate of drug-likeness (QED) is 0.617. The minimum Gasteiger partial charge on any atom is -0.494 e. The molecular weight excluding hydrogens is 382 g/mol. The van der Waals surface area contributed by atoms with E-state index in [1.165, 1.54) is 10.6 Å². The van der Waals surface area contributed by atoms with Crippen molar-refractivity contribution >= 4 is 11.6 Å². The van der Waals surface area contributed by atoms with Gasteiger partial charge < -0.3 is 10.1 Å². The SMILES string of the molecule is CCCc1cc(=O)n(CC(=O)Nc2ccc(OCC)cc2)c(-n2nc(C)cc2C)n1.